The molecule has 0 bridgehead atoms. The predicted octanol–water partition coefficient (Wildman–Crippen LogP) is 4.18. The van der Waals surface area contributed by atoms with E-state index in [0.717, 1.165) is 22.6 Å². The molecule has 0 atom stereocenters. The van der Waals surface area contributed by atoms with Gasteiger partial charge in [-0.3, -0.25) is 0 Å². The van der Waals surface area contributed by atoms with Crippen molar-refractivity contribution >= 4 is 12.2 Å². The van der Waals surface area contributed by atoms with Gasteiger partial charge in [0.2, 0.25) is 0 Å². The quantitative estimate of drug-likeness (QED) is 0.762. The lowest BCUT2D eigenvalue weighted by molar-refractivity contribution is 0.414. The van der Waals surface area contributed by atoms with Gasteiger partial charge in [0, 0.05) is 5.56 Å². The molecule has 0 unspecified atom stereocenters. The van der Waals surface area contributed by atoms with E-state index in [-0.39, 0.29) is 0 Å². The van der Waals surface area contributed by atoms with E-state index in [0.29, 0.717) is 0 Å². The predicted molar refractivity (Wildman–Crippen MR) is 79.7 cm³/mol. The molecule has 0 aliphatic heterocycles. The molecule has 0 saturated carbocycles. The fraction of sp³-hybridized carbons (Fsp3) is 0.176. The number of methoxy groups -OCH3 is 2. The van der Waals surface area contributed by atoms with E-state index in [1.54, 1.807) is 14.2 Å². The Hall–Kier alpha value is -2.22. The van der Waals surface area contributed by atoms with Crippen molar-refractivity contribution in [2.75, 3.05) is 14.2 Å². The Bertz CT molecular complexity index is 586. The highest BCUT2D eigenvalue weighted by molar-refractivity contribution is 5.73. The topological polar surface area (TPSA) is 18.5 Å². The van der Waals surface area contributed by atoms with Crippen LogP contribution in [0.4, 0.5) is 0 Å². The van der Waals surface area contributed by atoms with Crippen molar-refractivity contribution in [2.45, 2.75) is 6.92 Å². The Morgan fingerprint density at radius 2 is 1.74 bits per heavy atom. The fourth-order valence-corrected chi connectivity index (χ4v) is 1.92. The molecule has 0 amide bonds. The first-order valence-corrected chi connectivity index (χ1v) is 6.19. The van der Waals surface area contributed by atoms with E-state index < -0.39 is 0 Å². The summed E-state index contributed by atoms with van der Waals surface area (Å²) in [4.78, 5) is 0. The zero-order chi connectivity index (χ0) is 13.7. The van der Waals surface area contributed by atoms with Crippen LogP contribution >= 0.6 is 0 Å². The van der Waals surface area contributed by atoms with E-state index in [1.807, 2.05) is 36.4 Å². The van der Waals surface area contributed by atoms with E-state index >= 15 is 0 Å². The molecule has 0 radical (unpaired) electrons. The van der Waals surface area contributed by atoms with Crippen molar-refractivity contribution in [1.29, 1.82) is 0 Å². The van der Waals surface area contributed by atoms with Crippen LogP contribution in [0.2, 0.25) is 0 Å². The van der Waals surface area contributed by atoms with Crippen LogP contribution in [0.25, 0.3) is 12.2 Å². The van der Waals surface area contributed by atoms with Crippen molar-refractivity contribution in [3.8, 4) is 11.5 Å². The molecule has 2 aromatic carbocycles. The smallest absolute Gasteiger partial charge is 0.126 e. The molecular weight excluding hydrogens is 236 g/mol. The highest BCUT2D eigenvalue weighted by atomic mass is 16.5. The molecule has 0 aliphatic rings. The first-order chi connectivity index (χ1) is 9.22. The summed E-state index contributed by atoms with van der Waals surface area (Å²) in [6.45, 7) is 2.07. The van der Waals surface area contributed by atoms with E-state index in [2.05, 4.69) is 25.1 Å². The molecule has 2 nitrogen and oxygen atoms in total. The summed E-state index contributed by atoms with van der Waals surface area (Å²) in [5.41, 5.74) is 3.39. The van der Waals surface area contributed by atoms with Gasteiger partial charge in [0.15, 0.2) is 0 Å². The van der Waals surface area contributed by atoms with Crippen molar-refractivity contribution < 1.29 is 9.47 Å². The fourth-order valence-electron chi connectivity index (χ4n) is 1.92. The molecule has 2 aromatic rings. The second-order valence-electron chi connectivity index (χ2n) is 4.36. The maximum atomic E-state index is 5.36. The SMILES string of the molecule is COc1cccc(/C=C/c2cc(C)ccc2OC)c1. The molecule has 0 aromatic heterocycles. The maximum Gasteiger partial charge on any atom is 0.126 e. The number of benzene rings is 2. The monoisotopic (exact) mass is 254 g/mol. The zero-order valence-corrected chi connectivity index (χ0v) is 11.5. The Morgan fingerprint density at radius 1 is 0.895 bits per heavy atom. The average Bonchev–Trinajstić information content (AvgIpc) is 2.45. The molecule has 98 valence electrons. The van der Waals surface area contributed by atoms with Gasteiger partial charge in [-0.25, -0.2) is 0 Å². The van der Waals surface area contributed by atoms with Gasteiger partial charge in [0.1, 0.15) is 11.5 Å². The summed E-state index contributed by atoms with van der Waals surface area (Å²) < 4.78 is 10.6. The number of rotatable bonds is 4. The maximum absolute atomic E-state index is 5.36. The Balaban J connectivity index is 2.29. The van der Waals surface area contributed by atoms with Crippen molar-refractivity contribution in [3.05, 3.63) is 59.2 Å². The molecule has 0 aliphatic carbocycles. The normalized spacial score (nSPS) is 10.7. The first kappa shape index (κ1) is 13.2. The molecule has 2 heteroatoms. The van der Waals surface area contributed by atoms with Gasteiger partial charge >= 0.3 is 0 Å². The molecule has 0 saturated heterocycles. The van der Waals surface area contributed by atoms with Crippen LogP contribution in [0.5, 0.6) is 11.5 Å². The highest BCUT2D eigenvalue weighted by Gasteiger charge is 1.99. The Labute approximate surface area is 114 Å². The van der Waals surface area contributed by atoms with Crippen LogP contribution in [0.1, 0.15) is 16.7 Å². The zero-order valence-electron chi connectivity index (χ0n) is 11.5. The van der Waals surface area contributed by atoms with Gasteiger partial charge in [-0.05, 0) is 36.8 Å². The van der Waals surface area contributed by atoms with Crippen LogP contribution < -0.4 is 9.47 Å². The number of hydrogen-bond donors (Lipinski definition) is 0. The van der Waals surface area contributed by atoms with Crippen LogP contribution in [0, 0.1) is 6.92 Å². The number of ether oxygens (including phenoxy) is 2. The molecule has 0 N–H and O–H groups in total. The van der Waals surface area contributed by atoms with Gasteiger partial charge in [0.25, 0.3) is 0 Å². The van der Waals surface area contributed by atoms with Crippen molar-refractivity contribution in [2.24, 2.45) is 0 Å². The van der Waals surface area contributed by atoms with Crippen molar-refractivity contribution in [3.63, 3.8) is 0 Å². The number of aryl methyl sites for hydroxylation is 1. The standard InChI is InChI=1S/C17H18O2/c1-13-7-10-17(19-3)15(11-13)9-8-14-5-4-6-16(12-14)18-2/h4-12H,1-3H3/b9-8+. The van der Waals surface area contributed by atoms with Crippen LogP contribution in [0.3, 0.4) is 0 Å². The third-order valence-corrected chi connectivity index (χ3v) is 2.93. The summed E-state index contributed by atoms with van der Waals surface area (Å²) in [6.07, 6.45) is 4.11. The second kappa shape index (κ2) is 6.10. The largest absolute Gasteiger partial charge is 0.497 e. The van der Waals surface area contributed by atoms with Crippen LogP contribution in [-0.2, 0) is 0 Å². The lowest BCUT2D eigenvalue weighted by Gasteiger charge is -2.05. The minimum Gasteiger partial charge on any atom is -0.497 e. The van der Waals surface area contributed by atoms with Crippen LogP contribution in [0.15, 0.2) is 42.5 Å². The van der Waals surface area contributed by atoms with E-state index in [4.69, 9.17) is 9.47 Å². The summed E-state index contributed by atoms with van der Waals surface area (Å²) >= 11 is 0. The van der Waals surface area contributed by atoms with Gasteiger partial charge in [-0.2, -0.15) is 0 Å². The summed E-state index contributed by atoms with van der Waals surface area (Å²) in [5, 5.41) is 0. The van der Waals surface area contributed by atoms with Crippen molar-refractivity contribution in [1.82, 2.24) is 0 Å². The average molecular weight is 254 g/mol. The van der Waals surface area contributed by atoms with Crippen LogP contribution in [-0.4, -0.2) is 14.2 Å². The minimum atomic E-state index is 0.860. The van der Waals surface area contributed by atoms with E-state index in [1.165, 1.54) is 5.56 Å². The first-order valence-electron chi connectivity index (χ1n) is 6.19. The Morgan fingerprint density at radius 3 is 2.47 bits per heavy atom. The summed E-state index contributed by atoms with van der Waals surface area (Å²) in [5.74, 6) is 1.74. The van der Waals surface area contributed by atoms with Gasteiger partial charge in [-0.1, -0.05) is 35.9 Å². The molecular formula is C17H18O2. The third-order valence-electron chi connectivity index (χ3n) is 2.93. The second-order valence-corrected chi connectivity index (χ2v) is 4.36. The summed E-state index contributed by atoms with van der Waals surface area (Å²) in [7, 11) is 3.36. The molecule has 2 rings (SSSR count). The third kappa shape index (κ3) is 3.38. The Kier molecular flexibility index (Phi) is 4.24. The molecule has 0 spiro atoms. The van der Waals surface area contributed by atoms with Gasteiger partial charge in [0.05, 0.1) is 14.2 Å². The molecule has 0 fully saturated rings. The molecule has 0 heterocycles. The van der Waals surface area contributed by atoms with Gasteiger partial charge < -0.3 is 9.47 Å². The van der Waals surface area contributed by atoms with Gasteiger partial charge in [-0.15, -0.1) is 0 Å². The highest BCUT2D eigenvalue weighted by Crippen LogP contribution is 2.22. The van der Waals surface area contributed by atoms with E-state index in [9.17, 15) is 0 Å². The lowest BCUT2D eigenvalue weighted by atomic mass is 10.1. The number of hydrogen-bond acceptors (Lipinski definition) is 2. The lowest BCUT2D eigenvalue weighted by Crippen LogP contribution is -1.87. The molecule has 19 heavy (non-hydrogen) atoms. The summed E-state index contributed by atoms with van der Waals surface area (Å²) in [6, 6.07) is 14.1. The minimum absolute atomic E-state index is 0.860.